The number of sulfonamides is 1. The number of aromatic amines is 1. The number of carbonyl (C=O) groups is 1. The molecule has 0 unspecified atom stereocenters. The molecule has 1 saturated heterocycles. The summed E-state index contributed by atoms with van der Waals surface area (Å²) in [6.45, 7) is 2.06. The number of morpholine rings is 1. The fraction of sp³-hybridized carbons (Fsp3) is 0.304. The monoisotopic (exact) mass is 471 g/mol. The number of aryl methyl sites for hydroxylation is 1. The van der Waals surface area contributed by atoms with Gasteiger partial charge in [-0.25, -0.2) is 18.0 Å². The van der Waals surface area contributed by atoms with Gasteiger partial charge in [0.05, 0.1) is 35.7 Å². The summed E-state index contributed by atoms with van der Waals surface area (Å²) in [5, 5.41) is 0. The lowest BCUT2D eigenvalue weighted by Gasteiger charge is -2.26. The lowest BCUT2D eigenvalue weighted by Crippen LogP contribution is -2.40. The van der Waals surface area contributed by atoms with Crippen molar-refractivity contribution in [2.45, 2.75) is 17.9 Å². The van der Waals surface area contributed by atoms with E-state index >= 15 is 0 Å². The van der Waals surface area contributed by atoms with Crippen LogP contribution in [0.1, 0.15) is 12.0 Å². The highest BCUT2D eigenvalue weighted by Crippen LogP contribution is 2.18. The van der Waals surface area contributed by atoms with Crippen LogP contribution in [0.15, 0.2) is 64.3 Å². The second-order valence-electron chi connectivity index (χ2n) is 7.54. The van der Waals surface area contributed by atoms with Gasteiger partial charge in [-0.2, -0.15) is 4.31 Å². The van der Waals surface area contributed by atoms with E-state index in [0.717, 1.165) is 11.0 Å². The van der Waals surface area contributed by atoms with Crippen LogP contribution in [0.5, 0.6) is 0 Å². The molecule has 9 nitrogen and oxygen atoms in total. The largest absolute Gasteiger partial charge is 0.462 e. The molecule has 2 aromatic carbocycles. The van der Waals surface area contributed by atoms with Crippen molar-refractivity contribution in [3.8, 4) is 0 Å². The molecule has 0 spiro atoms. The Morgan fingerprint density at radius 3 is 2.58 bits per heavy atom. The lowest BCUT2D eigenvalue weighted by molar-refractivity contribution is -0.137. The number of ether oxygens (including phenoxy) is 2. The minimum Gasteiger partial charge on any atom is -0.462 e. The molecule has 0 atom stereocenters. The van der Waals surface area contributed by atoms with Gasteiger partial charge in [-0.15, -0.1) is 0 Å². The van der Waals surface area contributed by atoms with E-state index in [4.69, 9.17) is 9.47 Å². The van der Waals surface area contributed by atoms with Crippen LogP contribution in [-0.4, -0.2) is 61.2 Å². The summed E-state index contributed by atoms with van der Waals surface area (Å²) in [7, 11) is -3.55. The molecule has 0 bridgehead atoms. The number of esters is 1. The Morgan fingerprint density at radius 2 is 1.82 bits per heavy atom. The highest BCUT2D eigenvalue weighted by molar-refractivity contribution is 7.89. The van der Waals surface area contributed by atoms with Gasteiger partial charge < -0.3 is 14.5 Å². The zero-order chi connectivity index (χ0) is 23.3. The van der Waals surface area contributed by atoms with E-state index in [2.05, 4.69) is 4.98 Å². The lowest BCUT2D eigenvalue weighted by atomic mass is 10.2. The first-order chi connectivity index (χ1) is 15.9. The van der Waals surface area contributed by atoms with E-state index in [1.54, 1.807) is 22.8 Å². The fourth-order valence-corrected chi connectivity index (χ4v) is 5.03. The summed E-state index contributed by atoms with van der Waals surface area (Å²) >= 11 is 0. The molecule has 0 saturated carbocycles. The number of hydrogen-bond donors (Lipinski definition) is 1. The van der Waals surface area contributed by atoms with Gasteiger partial charge in [0.1, 0.15) is 0 Å². The number of carbonyl (C=O) groups excluding carboxylic acids is 1. The SMILES string of the molecule is O=C(/C=C/c1ccc(S(=O)(=O)N2CCOCC2)cc1)OCCCn1c(=O)[nH]c2ccccc21. The van der Waals surface area contributed by atoms with E-state index in [0.29, 0.717) is 44.8 Å². The second kappa shape index (κ2) is 10.2. The maximum absolute atomic E-state index is 12.6. The Balaban J connectivity index is 1.27. The van der Waals surface area contributed by atoms with Gasteiger partial charge in [0.15, 0.2) is 0 Å². The molecule has 33 heavy (non-hydrogen) atoms. The number of benzene rings is 2. The van der Waals surface area contributed by atoms with Crippen LogP contribution >= 0.6 is 0 Å². The molecule has 1 N–H and O–H groups in total. The van der Waals surface area contributed by atoms with Crippen LogP contribution in [0.25, 0.3) is 17.1 Å². The first kappa shape index (κ1) is 23.0. The van der Waals surface area contributed by atoms with Crippen LogP contribution in [0.4, 0.5) is 0 Å². The minimum atomic E-state index is -3.55. The Bertz CT molecular complexity index is 1300. The zero-order valence-electron chi connectivity index (χ0n) is 18.0. The number of H-pyrrole nitrogens is 1. The van der Waals surface area contributed by atoms with E-state index in [1.165, 1.54) is 22.5 Å². The summed E-state index contributed by atoms with van der Waals surface area (Å²) in [5.41, 5.74) is 2.07. The molecule has 0 radical (unpaired) electrons. The third kappa shape index (κ3) is 5.41. The topological polar surface area (TPSA) is 111 Å². The molecular formula is C23H25N3O6S. The van der Waals surface area contributed by atoms with E-state index in [-0.39, 0.29) is 17.2 Å². The number of imidazole rings is 1. The number of fused-ring (bicyclic) bond motifs is 1. The first-order valence-electron chi connectivity index (χ1n) is 10.7. The standard InChI is InChI=1S/C23H25N3O6S/c27-22(32-15-3-12-26-21-5-2-1-4-20(21)24-23(26)28)11-8-18-6-9-19(10-7-18)33(29,30)25-13-16-31-17-14-25/h1-2,4-11H,3,12-17H2,(H,24,28)/b11-8+. The Hall–Kier alpha value is -3.21. The molecule has 1 aliphatic heterocycles. The van der Waals surface area contributed by atoms with Gasteiger partial charge in [0.2, 0.25) is 10.0 Å². The summed E-state index contributed by atoms with van der Waals surface area (Å²) < 4.78 is 38.7. The smallest absolute Gasteiger partial charge is 0.330 e. The molecule has 0 amide bonds. The van der Waals surface area contributed by atoms with Crippen molar-refractivity contribution in [1.29, 1.82) is 0 Å². The van der Waals surface area contributed by atoms with E-state index in [1.807, 2.05) is 24.3 Å². The summed E-state index contributed by atoms with van der Waals surface area (Å²) in [6, 6.07) is 13.7. The Kier molecular flexibility index (Phi) is 7.07. The number of hydrogen-bond acceptors (Lipinski definition) is 6. The number of nitrogens with one attached hydrogen (secondary N) is 1. The molecule has 4 rings (SSSR count). The normalized spacial score (nSPS) is 15.3. The van der Waals surface area contributed by atoms with Gasteiger partial charge in [0, 0.05) is 25.7 Å². The van der Waals surface area contributed by atoms with Crippen LogP contribution < -0.4 is 5.69 Å². The van der Waals surface area contributed by atoms with Crippen LogP contribution in [-0.2, 0) is 30.8 Å². The molecule has 174 valence electrons. The van der Waals surface area contributed by atoms with Gasteiger partial charge >= 0.3 is 11.7 Å². The average Bonchev–Trinajstić information content (AvgIpc) is 3.16. The van der Waals surface area contributed by atoms with Crippen LogP contribution in [0.2, 0.25) is 0 Å². The molecule has 0 aliphatic carbocycles. The number of para-hydroxylation sites is 2. The summed E-state index contributed by atoms with van der Waals surface area (Å²) in [4.78, 5) is 27.0. The molecule has 1 aliphatic rings. The average molecular weight is 472 g/mol. The van der Waals surface area contributed by atoms with Gasteiger partial charge in [-0.3, -0.25) is 4.57 Å². The highest BCUT2D eigenvalue weighted by atomic mass is 32.2. The highest BCUT2D eigenvalue weighted by Gasteiger charge is 2.25. The van der Waals surface area contributed by atoms with Gasteiger partial charge in [-0.1, -0.05) is 24.3 Å². The molecule has 1 fully saturated rings. The molecule has 1 aromatic heterocycles. The number of rotatable bonds is 8. The second-order valence-corrected chi connectivity index (χ2v) is 9.48. The van der Waals surface area contributed by atoms with E-state index in [9.17, 15) is 18.0 Å². The molecule has 3 aromatic rings. The maximum Gasteiger partial charge on any atom is 0.330 e. The van der Waals surface area contributed by atoms with Crippen LogP contribution in [0.3, 0.4) is 0 Å². The molecular weight excluding hydrogens is 446 g/mol. The first-order valence-corrected chi connectivity index (χ1v) is 12.1. The number of aromatic nitrogens is 2. The van der Waals surface area contributed by atoms with Crippen LogP contribution in [0, 0.1) is 0 Å². The Labute approximate surface area is 191 Å². The van der Waals surface area contributed by atoms with Gasteiger partial charge in [-0.05, 0) is 42.3 Å². The number of nitrogens with zero attached hydrogens (tertiary/aromatic N) is 2. The van der Waals surface area contributed by atoms with E-state index < -0.39 is 16.0 Å². The summed E-state index contributed by atoms with van der Waals surface area (Å²) in [6.07, 6.45) is 3.36. The molecule has 2 heterocycles. The van der Waals surface area contributed by atoms with Crippen molar-refractivity contribution >= 4 is 33.1 Å². The Morgan fingerprint density at radius 1 is 1.09 bits per heavy atom. The van der Waals surface area contributed by atoms with Gasteiger partial charge in [0.25, 0.3) is 0 Å². The summed E-state index contributed by atoms with van der Waals surface area (Å²) in [5.74, 6) is -0.508. The zero-order valence-corrected chi connectivity index (χ0v) is 18.8. The predicted octanol–water partition coefficient (Wildman–Crippen LogP) is 2.00. The molecule has 10 heteroatoms. The van der Waals surface area contributed by atoms with Crippen molar-refractivity contribution in [2.75, 3.05) is 32.9 Å². The third-order valence-electron chi connectivity index (χ3n) is 5.35. The van der Waals surface area contributed by atoms with Crippen molar-refractivity contribution in [1.82, 2.24) is 13.9 Å². The third-order valence-corrected chi connectivity index (χ3v) is 7.26. The van der Waals surface area contributed by atoms with Crippen molar-refractivity contribution in [3.05, 3.63) is 70.7 Å². The van der Waals surface area contributed by atoms with Crippen molar-refractivity contribution in [2.24, 2.45) is 0 Å². The predicted molar refractivity (Wildman–Crippen MR) is 123 cm³/mol. The van der Waals surface area contributed by atoms with Crippen molar-refractivity contribution in [3.63, 3.8) is 0 Å². The maximum atomic E-state index is 12.6. The minimum absolute atomic E-state index is 0.172. The fourth-order valence-electron chi connectivity index (χ4n) is 3.62. The van der Waals surface area contributed by atoms with Crippen molar-refractivity contribution < 1.29 is 22.7 Å². The quantitative estimate of drug-likeness (QED) is 0.306.